The molecular formula is C20H31FIN3O3. The van der Waals surface area contributed by atoms with E-state index in [2.05, 4.69) is 10.2 Å². The summed E-state index contributed by atoms with van der Waals surface area (Å²) in [5.41, 5.74) is 0.888. The molecule has 0 saturated carbocycles. The molecule has 0 radical (unpaired) electrons. The number of nitrogens with one attached hydrogen (secondary N) is 1. The number of hydrogen-bond acceptors (Lipinski definition) is 4. The number of esters is 1. The van der Waals surface area contributed by atoms with Crippen molar-refractivity contribution in [1.82, 2.24) is 10.2 Å². The zero-order chi connectivity index (χ0) is 19.6. The van der Waals surface area contributed by atoms with E-state index in [0.717, 1.165) is 44.0 Å². The summed E-state index contributed by atoms with van der Waals surface area (Å²) in [6.45, 7) is 6.97. The molecule has 28 heavy (non-hydrogen) atoms. The zero-order valence-electron chi connectivity index (χ0n) is 16.8. The minimum absolute atomic E-state index is 0. The van der Waals surface area contributed by atoms with Crippen molar-refractivity contribution in [1.29, 1.82) is 0 Å². The number of halogens is 2. The fraction of sp³-hybridized carbons (Fsp3) is 0.600. The number of benzene rings is 1. The predicted molar refractivity (Wildman–Crippen MR) is 118 cm³/mol. The van der Waals surface area contributed by atoms with Gasteiger partial charge in [0.1, 0.15) is 11.9 Å². The molecule has 2 rings (SSSR count). The third-order valence-corrected chi connectivity index (χ3v) is 4.68. The smallest absolute Gasteiger partial charge is 0.309 e. The highest BCUT2D eigenvalue weighted by atomic mass is 127. The van der Waals surface area contributed by atoms with Crippen LogP contribution in [0.15, 0.2) is 29.3 Å². The number of ether oxygens (including phenoxy) is 2. The number of carbonyl (C=O) groups excluding carboxylic acids is 1. The molecule has 1 unspecified atom stereocenters. The molecule has 0 aliphatic carbocycles. The molecule has 1 aromatic rings. The second-order valence-corrected chi connectivity index (χ2v) is 6.48. The van der Waals surface area contributed by atoms with E-state index in [-0.39, 0.29) is 47.8 Å². The first-order chi connectivity index (χ1) is 13.1. The van der Waals surface area contributed by atoms with Crippen molar-refractivity contribution in [2.45, 2.75) is 32.8 Å². The highest BCUT2D eigenvalue weighted by molar-refractivity contribution is 14.0. The van der Waals surface area contributed by atoms with Gasteiger partial charge in [-0.05, 0) is 44.4 Å². The monoisotopic (exact) mass is 507 g/mol. The third kappa shape index (κ3) is 7.20. The van der Waals surface area contributed by atoms with E-state index in [9.17, 15) is 9.18 Å². The molecule has 1 saturated heterocycles. The average molecular weight is 507 g/mol. The van der Waals surface area contributed by atoms with Crippen LogP contribution in [0.1, 0.15) is 38.4 Å². The summed E-state index contributed by atoms with van der Waals surface area (Å²) in [6.07, 6.45) is 1.28. The Hall–Kier alpha value is -1.42. The van der Waals surface area contributed by atoms with Crippen LogP contribution < -0.4 is 5.32 Å². The fourth-order valence-electron chi connectivity index (χ4n) is 3.18. The fourth-order valence-corrected chi connectivity index (χ4v) is 3.18. The highest BCUT2D eigenvalue weighted by Crippen LogP contribution is 2.20. The van der Waals surface area contributed by atoms with Crippen LogP contribution in [-0.2, 0) is 14.3 Å². The van der Waals surface area contributed by atoms with Gasteiger partial charge < -0.3 is 19.7 Å². The van der Waals surface area contributed by atoms with E-state index >= 15 is 0 Å². The molecule has 1 fully saturated rings. The maximum Gasteiger partial charge on any atom is 0.309 e. The first-order valence-electron chi connectivity index (χ1n) is 9.57. The Labute approximate surface area is 183 Å². The van der Waals surface area contributed by atoms with Gasteiger partial charge in [-0.3, -0.25) is 9.79 Å². The van der Waals surface area contributed by atoms with E-state index < -0.39 is 0 Å². The number of aliphatic imine (C=N–C) groups is 1. The van der Waals surface area contributed by atoms with Gasteiger partial charge in [0, 0.05) is 26.7 Å². The summed E-state index contributed by atoms with van der Waals surface area (Å²) in [5.74, 6) is 0.406. The maximum atomic E-state index is 13.1. The molecule has 6 nitrogen and oxygen atoms in total. The van der Waals surface area contributed by atoms with Crippen molar-refractivity contribution in [2.75, 3.05) is 39.9 Å². The second-order valence-electron chi connectivity index (χ2n) is 6.48. The van der Waals surface area contributed by atoms with E-state index in [0.29, 0.717) is 13.2 Å². The lowest BCUT2D eigenvalue weighted by Crippen LogP contribution is -2.47. The van der Waals surface area contributed by atoms with Gasteiger partial charge in [-0.25, -0.2) is 4.39 Å². The van der Waals surface area contributed by atoms with Crippen molar-refractivity contribution < 1.29 is 18.7 Å². The van der Waals surface area contributed by atoms with Gasteiger partial charge in [0.2, 0.25) is 0 Å². The summed E-state index contributed by atoms with van der Waals surface area (Å²) in [7, 11) is 1.63. The van der Waals surface area contributed by atoms with Gasteiger partial charge in [0.05, 0.1) is 19.1 Å². The normalized spacial score (nSPS) is 16.3. The van der Waals surface area contributed by atoms with Crippen LogP contribution >= 0.6 is 24.0 Å². The van der Waals surface area contributed by atoms with E-state index in [4.69, 9.17) is 14.5 Å². The number of piperidine rings is 1. The van der Waals surface area contributed by atoms with Crippen LogP contribution in [0.2, 0.25) is 0 Å². The Kier molecular flexibility index (Phi) is 11.4. The first-order valence-corrected chi connectivity index (χ1v) is 9.57. The maximum absolute atomic E-state index is 13.1. The first kappa shape index (κ1) is 24.6. The quantitative estimate of drug-likeness (QED) is 0.266. The van der Waals surface area contributed by atoms with Crippen LogP contribution in [0, 0.1) is 11.7 Å². The van der Waals surface area contributed by atoms with Gasteiger partial charge in [-0.15, -0.1) is 24.0 Å². The average Bonchev–Trinajstić information content (AvgIpc) is 2.69. The van der Waals surface area contributed by atoms with Gasteiger partial charge in [-0.1, -0.05) is 12.1 Å². The lowest BCUT2D eigenvalue weighted by Gasteiger charge is -2.33. The second kappa shape index (κ2) is 12.9. The summed E-state index contributed by atoms with van der Waals surface area (Å²) in [5, 5.41) is 3.31. The van der Waals surface area contributed by atoms with Crippen molar-refractivity contribution in [3.8, 4) is 0 Å². The predicted octanol–water partition coefficient (Wildman–Crippen LogP) is 3.37. The molecule has 1 N–H and O–H groups in total. The number of rotatable bonds is 7. The highest BCUT2D eigenvalue weighted by Gasteiger charge is 2.27. The molecule has 0 bridgehead atoms. The van der Waals surface area contributed by atoms with Gasteiger partial charge in [-0.2, -0.15) is 0 Å². The SMILES string of the molecule is CCNC(=NCC(OC)c1ccc(F)cc1)N1CCC(C(=O)OCC)CC1.I. The Morgan fingerprint density at radius 2 is 1.93 bits per heavy atom. The molecule has 8 heteroatoms. The van der Waals surface area contributed by atoms with E-state index in [1.54, 1.807) is 19.2 Å². The van der Waals surface area contributed by atoms with Gasteiger partial charge in [0.25, 0.3) is 0 Å². The van der Waals surface area contributed by atoms with Crippen LogP contribution in [0.5, 0.6) is 0 Å². The van der Waals surface area contributed by atoms with Crippen LogP contribution in [-0.4, -0.2) is 56.7 Å². The number of likely N-dealkylation sites (tertiary alicyclic amines) is 1. The zero-order valence-corrected chi connectivity index (χ0v) is 19.1. The van der Waals surface area contributed by atoms with Crippen molar-refractivity contribution in [2.24, 2.45) is 10.9 Å². The molecule has 158 valence electrons. The number of guanidine groups is 1. The minimum atomic E-state index is -0.269. The Morgan fingerprint density at radius 3 is 2.46 bits per heavy atom. The topological polar surface area (TPSA) is 63.2 Å². The van der Waals surface area contributed by atoms with Crippen LogP contribution in [0.4, 0.5) is 4.39 Å². The summed E-state index contributed by atoms with van der Waals surface area (Å²) in [4.78, 5) is 18.8. The molecular weight excluding hydrogens is 476 g/mol. The van der Waals surface area contributed by atoms with E-state index in [1.807, 2.05) is 13.8 Å². The summed E-state index contributed by atoms with van der Waals surface area (Å²) >= 11 is 0. The summed E-state index contributed by atoms with van der Waals surface area (Å²) in [6, 6.07) is 6.29. The largest absolute Gasteiger partial charge is 0.466 e. The van der Waals surface area contributed by atoms with Crippen molar-refractivity contribution in [3.63, 3.8) is 0 Å². The number of nitrogens with zero attached hydrogens (tertiary/aromatic N) is 2. The van der Waals surface area contributed by atoms with E-state index in [1.165, 1.54) is 12.1 Å². The molecule has 1 atom stereocenters. The molecule has 1 aliphatic rings. The molecule has 1 aliphatic heterocycles. The lowest BCUT2D eigenvalue weighted by molar-refractivity contribution is -0.149. The Morgan fingerprint density at radius 1 is 1.29 bits per heavy atom. The number of methoxy groups -OCH3 is 1. The van der Waals surface area contributed by atoms with Crippen molar-refractivity contribution >= 4 is 35.9 Å². The number of hydrogen-bond donors (Lipinski definition) is 1. The number of carbonyl (C=O) groups is 1. The molecule has 0 amide bonds. The van der Waals surface area contributed by atoms with Gasteiger partial charge in [0.15, 0.2) is 5.96 Å². The third-order valence-electron chi connectivity index (χ3n) is 4.68. The minimum Gasteiger partial charge on any atom is -0.466 e. The Balaban J connectivity index is 0.00000392. The van der Waals surface area contributed by atoms with Gasteiger partial charge >= 0.3 is 5.97 Å². The lowest BCUT2D eigenvalue weighted by atomic mass is 9.97. The molecule has 0 aromatic heterocycles. The molecule has 0 spiro atoms. The van der Waals surface area contributed by atoms with Crippen LogP contribution in [0.3, 0.4) is 0 Å². The standard InChI is InChI=1S/C20H30FN3O3.HI/c1-4-22-20(24-12-10-16(11-13-24)19(25)27-5-2)23-14-18(26-3)15-6-8-17(21)9-7-15;/h6-9,16,18H,4-5,10-14H2,1-3H3,(H,22,23);1H. The Bertz CT molecular complexity index is 620. The summed E-state index contributed by atoms with van der Waals surface area (Å²) < 4.78 is 23.8. The van der Waals surface area contributed by atoms with Crippen LogP contribution in [0.25, 0.3) is 0 Å². The molecule has 1 heterocycles. The molecule has 1 aromatic carbocycles. The van der Waals surface area contributed by atoms with Crippen molar-refractivity contribution in [3.05, 3.63) is 35.6 Å².